The molecule has 0 saturated heterocycles. The van der Waals surface area contributed by atoms with Gasteiger partial charge in [-0.05, 0) is 12.0 Å². The van der Waals surface area contributed by atoms with E-state index in [9.17, 15) is 9.59 Å². The highest BCUT2D eigenvalue weighted by atomic mass is 16.4. The summed E-state index contributed by atoms with van der Waals surface area (Å²) in [6.45, 7) is 0. The molecule has 1 aliphatic carbocycles. The van der Waals surface area contributed by atoms with Crippen molar-refractivity contribution < 1.29 is 14.7 Å². The van der Waals surface area contributed by atoms with Crippen molar-refractivity contribution >= 4 is 11.9 Å². The van der Waals surface area contributed by atoms with Crippen molar-refractivity contribution in [2.45, 2.75) is 18.9 Å². The average molecular weight is 313 g/mol. The molecule has 1 saturated carbocycles. The number of amides is 1. The van der Waals surface area contributed by atoms with Crippen LogP contribution in [0, 0.1) is 11.8 Å². The number of hydrogen-bond donors (Lipinski definition) is 2. The lowest BCUT2D eigenvalue weighted by atomic mass is 10.0. The minimum atomic E-state index is -0.898. The molecule has 23 heavy (non-hydrogen) atoms. The molecule has 6 nitrogen and oxygen atoms in total. The van der Waals surface area contributed by atoms with Crippen LogP contribution >= 0.6 is 0 Å². The summed E-state index contributed by atoms with van der Waals surface area (Å²) in [7, 11) is 1.91. The van der Waals surface area contributed by atoms with Crippen molar-refractivity contribution in [3.05, 3.63) is 54.1 Å². The number of aliphatic carboxylic acids is 1. The summed E-state index contributed by atoms with van der Waals surface area (Å²) in [5.41, 5.74) is 0.983. The summed E-state index contributed by atoms with van der Waals surface area (Å²) in [6.07, 6.45) is 4.57. The fraction of sp³-hybridized carbons (Fsp3) is 0.353. The van der Waals surface area contributed by atoms with Gasteiger partial charge >= 0.3 is 5.97 Å². The van der Waals surface area contributed by atoms with Gasteiger partial charge in [-0.25, -0.2) is 4.98 Å². The quantitative estimate of drug-likeness (QED) is 0.847. The third-order valence-corrected chi connectivity index (χ3v) is 4.27. The van der Waals surface area contributed by atoms with Gasteiger partial charge in [-0.2, -0.15) is 0 Å². The molecular weight excluding hydrogens is 294 g/mol. The van der Waals surface area contributed by atoms with Crippen LogP contribution < -0.4 is 5.32 Å². The lowest BCUT2D eigenvalue weighted by Crippen LogP contribution is -2.32. The maximum absolute atomic E-state index is 12.3. The SMILES string of the molecule is Cn1ccnc1CC(NC(=O)[C@@H]1C[C@@H]1C(=O)O)c1ccccc1. The van der Waals surface area contributed by atoms with E-state index in [1.165, 1.54) is 0 Å². The zero-order valence-corrected chi connectivity index (χ0v) is 12.8. The van der Waals surface area contributed by atoms with E-state index >= 15 is 0 Å². The van der Waals surface area contributed by atoms with Crippen molar-refractivity contribution in [3.8, 4) is 0 Å². The minimum Gasteiger partial charge on any atom is -0.481 e. The standard InChI is InChI=1S/C17H19N3O3/c1-20-8-7-18-15(20)10-14(11-5-3-2-4-6-11)19-16(21)12-9-13(12)17(22)23/h2-8,12-14H,9-10H2,1H3,(H,19,21)(H,22,23)/t12-,13+,14?/m1/s1. The van der Waals surface area contributed by atoms with Gasteiger partial charge < -0.3 is 15.0 Å². The Hall–Kier alpha value is -2.63. The molecule has 6 heteroatoms. The van der Waals surface area contributed by atoms with E-state index < -0.39 is 17.8 Å². The van der Waals surface area contributed by atoms with Crippen LogP contribution in [0.15, 0.2) is 42.7 Å². The predicted molar refractivity (Wildman–Crippen MR) is 83.5 cm³/mol. The normalized spacial score (nSPS) is 20.7. The number of carbonyl (C=O) groups is 2. The summed E-state index contributed by atoms with van der Waals surface area (Å²) >= 11 is 0. The third-order valence-electron chi connectivity index (χ3n) is 4.27. The highest BCUT2D eigenvalue weighted by Crippen LogP contribution is 2.39. The Morgan fingerprint density at radius 1 is 1.35 bits per heavy atom. The van der Waals surface area contributed by atoms with E-state index in [0.29, 0.717) is 12.8 Å². The van der Waals surface area contributed by atoms with Gasteiger partial charge in [-0.15, -0.1) is 0 Å². The molecule has 1 aliphatic rings. The fourth-order valence-corrected chi connectivity index (χ4v) is 2.75. The van der Waals surface area contributed by atoms with Crippen LogP contribution in [0.5, 0.6) is 0 Å². The Morgan fingerprint density at radius 3 is 2.65 bits per heavy atom. The van der Waals surface area contributed by atoms with Crippen molar-refractivity contribution in [1.29, 1.82) is 0 Å². The molecule has 3 rings (SSSR count). The molecule has 2 N–H and O–H groups in total. The first-order chi connectivity index (χ1) is 11.1. The number of hydrogen-bond acceptors (Lipinski definition) is 3. The second kappa shape index (κ2) is 6.24. The molecule has 1 aromatic heterocycles. The number of carboxylic acid groups (broad SMARTS) is 1. The van der Waals surface area contributed by atoms with Crippen LogP contribution in [-0.2, 0) is 23.1 Å². The second-order valence-electron chi connectivity index (χ2n) is 5.92. The molecule has 1 unspecified atom stereocenters. The fourth-order valence-electron chi connectivity index (χ4n) is 2.75. The Kier molecular flexibility index (Phi) is 4.14. The molecule has 120 valence electrons. The molecule has 0 aliphatic heterocycles. The van der Waals surface area contributed by atoms with E-state index in [1.54, 1.807) is 6.20 Å². The molecule has 0 spiro atoms. The number of imidazole rings is 1. The van der Waals surface area contributed by atoms with Crippen molar-refractivity contribution in [3.63, 3.8) is 0 Å². The Labute approximate surface area is 134 Å². The van der Waals surface area contributed by atoms with Crippen LogP contribution in [0.1, 0.15) is 23.9 Å². The molecule has 1 aromatic carbocycles. The first-order valence-corrected chi connectivity index (χ1v) is 7.60. The highest BCUT2D eigenvalue weighted by Gasteiger charge is 2.48. The maximum atomic E-state index is 12.3. The number of aromatic nitrogens is 2. The maximum Gasteiger partial charge on any atom is 0.307 e. The van der Waals surface area contributed by atoms with Crippen molar-refractivity contribution in [1.82, 2.24) is 14.9 Å². The molecule has 1 fully saturated rings. The molecular formula is C17H19N3O3. The van der Waals surface area contributed by atoms with E-state index in [4.69, 9.17) is 5.11 Å². The van der Waals surface area contributed by atoms with E-state index in [2.05, 4.69) is 10.3 Å². The first kappa shape index (κ1) is 15.3. The molecule has 1 amide bonds. The number of nitrogens with one attached hydrogen (secondary N) is 1. The monoisotopic (exact) mass is 313 g/mol. The van der Waals surface area contributed by atoms with Gasteiger partial charge in [0.2, 0.25) is 5.91 Å². The van der Waals surface area contributed by atoms with E-state index in [0.717, 1.165) is 11.4 Å². The molecule has 1 heterocycles. The Bertz CT molecular complexity index is 711. The van der Waals surface area contributed by atoms with Crippen LogP contribution in [0.4, 0.5) is 0 Å². The minimum absolute atomic E-state index is 0.194. The first-order valence-electron chi connectivity index (χ1n) is 7.60. The van der Waals surface area contributed by atoms with E-state index in [-0.39, 0.29) is 11.9 Å². The smallest absolute Gasteiger partial charge is 0.307 e. The number of rotatable bonds is 6. The van der Waals surface area contributed by atoms with Crippen LogP contribution in [0.25, 0.3) is 0 Å². The molecule has 3 atom stereocenters. The highest BCUT2D eigenvalue weighted by molar-refractivity contribution is 5.89. The topological polar surface area (TPSA) is 84.2 Å². The Balaban J connectivity index is 1.75. The summed E-state index contributed by atoms with van der Waals surface area (Å²) in [6, 6.07) is 9.45. The van der Waals surface area contributed by atoms with Crippen LogP contribution in [-0.4, -0.2) is 26.5 Å². The number of aryl methyl sites for hydroxylation is 1. The van der Waals surface area contributed by atoms with Gasteiger partial charge in [0.25, 0.3) is 0 Å². The largest absolute Gasteiger partial charge is 0.481 e. The molecule has 0 bridgehead atoms. The number of nitrogens with zero attached hydrogens (tertiary/aromatic N) is 2. The number of carbonyl (C=O) groups excluding carboxylic acids is 1. The molecule has 0 radical (unpaired) electrons. The van der Waals surface area contributed by atoms with Gasteiger partial charge in [-0.1, -0.05) is 30.3 Å². The van der Waals surface area contributed by atoms with Gasteiger partial charge in [0.05, 0.1) is 17.9 Å². The van der Waals surface area contributed by atoms with Crippen LogP contribution in [0.2, 0.25) is 0 Å². The summed E-state index contributed by atoms with van der Waals surface area (Å²) < 4.78 is 1.92. The van der Waals surface area contributed by atoms with Gasteiger partial charge in [0.1, 0.15) is 5.82 Å². The average Bonchev–Trinajstić information content (AvgIpc) is 3.26. The van der Waals surface area contributed by atoms with Gasteiger partial charge in [0.15, 0.2) is 0 Å². The van der Waals surface area contributed by atoms with Crippen molar-refractivity contribution in [2.75, 3.05) is 0 Å². The van der Waals surface area contributed by atoms with Gasteiger partial charge in [0, 0.05) is 25.9 Å². The number of benzene rings is 1. The number of carboxylic acids is 1. The lowest BCUT2D eigenvalue weighted by molar-refractivity contribution is -0.140. The summed E-state index contributed by atoms with van der Waals surface area (Å²) in [5.74, 6) is -1.18. The summed E-state index contributed by atoms with van der Waals surface area (Å²) in [5, 5.41) is 12.0. The second-order valence-corrected chi connectivity index (χ2v) is 5.92. The van der Waals surface area contributed by atoms with E-state index in [1.807, 2.05) is 48.1 Å². The zero-order valence-electron chi connectivity index (χ0n) is 12.8. The van der Waals surface area contributed by atoms with Gasteiger partial charge in [-0.3, -0.25) is 9.59 Å². The lowest BCUT2D eigenvalue weighted by Gasteiger charge is -2.19. The predicted octanol–water partition coefficient (Wildman–Crippen LogP) is 1.54. The zero-order chi connectivity index (χ0) is 16.4. The Morgan fingerprint density at radius 2 is 2.09 bits per heavy atom. The molecule has 2 aromatic rings. The summed E-state index contributed by atoms with van der Waals surface area (Å²) in [4.78, 5) is 27.6. The van der Waals surface area contributed by atoms with Crippen molar-refractivity contribution in [2.24, 2.45) is 18.9 Å². The van der Waals surface area contributed by atoms with Crippen LogP contribution in [0.3, 0.4) is 0 Å². The third kappa shape index (κ3) is 3.41.